The van der Waals surface area contributed by atoms with Crippen LogP contribution in [0.2, 0.25) is 0 Å². The van der Waals surface area contributed by atoms with Crippen molar-refractivity contribution in [2.45, 2.75) is 71.1 Å². The largest absolute Gasteiger partial charge is 0.294 e. The highest BCUT2D eigenvalue weighted by Gasteiger charge is 1.92. The quantitative estimate of drug-likeness (QED) is 0.289. The summed E-state index contributed by atoms with van der Waals surface area (Å²) in [6, 6.07) is 0. The molecule has 0 atom stereocenters. The molecule has 96 valence electrons. The third-order valence-electron chi connectivity index (χ3n) is 2.82. The summed E-state index contributed by atoms with van der Waals surface area (Å²) in [7, 11) is 0. The highest BCUT2D eigenvalue weighted by Crippen LogP contribution is 2.09. The van der Waals surface area contributed by atoms with Crippen molar-refractivity contribution in [3.63, 3.8) is 0 Å². The van der Waals surface area contributed by atoms with E-state index in [0.29, 0.717) is 6.41 Å². The van der Waals surface area contributed by atoms with Crippen molar-refractivity contribution in [2.24, 2.45) is 0 Å². The van der Waals surface area contributed by atoms with Crippen LogP contribution in [-0.2, 0) is 4.79 Å². The fourth-order valence-electron chi connectivity index (χ4n) is 1.81. The number of nitrogens with one attached hydrogen (secondary N) is 2. The molecule has 0 aromatic rings. The van der Waals surface area contributed by atoms with E-state index in [1.165, 1.54) is 57.8 Å². The van der Waals surface area contributed by atoms with Crippen LogP contribution in [0.5, 0.6) is 0 Å². The number of carbonyl (C=O) groups excluding carboxylic acids is 1. The summed E-state index contributed by atoms with van der Waals surface area (Å²) in [5, 5.41) is 0. The molecule has 0 spiro atoms. The van der Waals surface area contributed by atoms with Crippen LogP contribution in [0.1, 0.15) is 71.1 Å². The Hall–Kier alpha value is -0.570. The number of unbranched alkanes of at least 4 members (excludes halogenated alkanes) is 9. The van der Waals surface area contributed by atoms with Gasteiger partial charge in [-0.05, 0) is 6.42 Å². The minimum Gasteiger partial charge on any atom is -0.294 e. The van der Waals surface area contributed by atoms with Gasteiger partial charge in [-0.3, -0.25) is 10.2 Å². The summed E-state index contributed by atoms with van der Waals surface area (Å²) in [6.07, 6.45) is 14.2. The van der Waals surface area contributed by atoms with Crippen molar-refractivity contribution in [1.29, 1.82) is 0 Å². The van der Waals surface area contributed by atoms with Crippen LogP contribution < -0.4 is 10.9 Å². The number of rotatable bonds is 13. The van der Waals surface area contributed by atoms with Crippen LogP contribution in [0.15, 0.2) is 0 Å². The maximum absolute atomic E-state index is 9.91. The van der Waals surface area contributed by atoms with Crippen molar-refractivity contribution in [1.82, 2.24) is 10.9 Å². The van der Waals surface area contributed by atoms with Gasteiger partial charge in [0.1, 0.15) is 0 Å². The maximum Gasteiger partial charge on any atom is 0.221 e. The molecule has 0 radical (unpaired) electrons. The van der Waals surface area contributed by atoms with Gasteiger partial charge in [-0.15, -0.1) is 0 Å². The third kappa shape index (κ3) is 13.4. The molecule has 0 heterocycles. The van der Waals surface area contributed by atoms with Crippen molar-refractivity contribution >= 4 is 6.41 Å². The lowest BCUT2D eigenvalue weighted by Crippen LogP contribution is -2.30. The van der Waals surface area contributed by atoms with Crippen LogP contribution in [0.4, 0.5) is 0 Å². The SMILES string of the molecule is CCCCCCCCCCCCNNC=O. The fourth-order valence-corrected chi connectivity index (χ4v) is 1.81. The molecule has 0 saturated heterocycles. The number of hydrogen-bond donors (Lipinski definition) is 2. The van der Waals surface area contributed by atoms with Gasteiger partial charge in [0.05, 0.1) is 0 Å². The third-order valence-corrected chi connectivity index (χ3v) is 2.82. The van der Waals surface area contributed by atoms with E-state index >= 15 is 0 Å². The minimum absolute atomic E-state index is 0.677. The van der Waals surface area contributed by atoms with E-state index < -0.39 is 0 Å². The highest BCUT2D eigenvalue weighted by atomic mass is 16.1. The summed E-state index contributed by atoms with van der Waals surface area (Å²) >= 11 is 0. The summed E-state index contributed by atoms with van der Waals surface area (Å²) in [5.41, 5.74) is 5.29. The summed E-state index contributed by atoms with van der Waals surface area (Å²) in [4.78, 5) is 9.91. The Bertz CT molecular complexity index is 140. The molecule has 16 heavy (non-hydrogen) atoms. The zero-order valence-corrected chi connectivity index (χ0v) is 10.8. The number of amides is 1. The first-order chi connectivity index (χ1) is 7.91. The van der Waals surface area contributed by atoms with Crippen LogP contribution >= 0.6 is 0 Å². The average Bonchev–Trinajstić information content (AvgIpc) is 2.31. The molecule has 0 aliphatic heterocycles. The predicted molar refractivity (Wildman–Crippen MR) is 69.0 cm³/mol. The molecule has 0 aromatic heterocycles. The van der Waals surface area contributed by atoms with Gasteiger partial charge in [0.25, 0.3) is 0 Å². The lowest BCUT2D eigenvalue weighted by atomic mass is 10.1. The number of carbonyl (C=O) groups is 1. The molecular formula is C13H28N2O. The van der Waals surface area contributed by atoms with Gasteiger partial charge in [-0.25, -0.2) is 5.43 Å². The Labute approximate surface area is 100 Å². The Morgan fingerprint density at radius 2 is 1.31 bits per heavy atom. The second-order valence-corrected chi connectivity index (χ2v) is 4.37. The predicted octanol–water partition coefficient (Wildman–Crippen LogP) is 3.16. The van der Waals surface area contributed by atoms with Crippen LogP contribution in [-0.4, -0.2) is 13.0 Å². The molecule has 0 unspecified atom stereocenters. The smallest absolute Gasteiger partial charge is 0.221 e. The Balaban J connectivity index is 2.85. The summed E-state index contributed by atoms with van der Waals surface area (Å²) in [5.74, 6) is 0. The molecule has 3 nitrogen and oxygen atoms in total. The second-order valence-electron chi connectivity index (χ2n) is 4.37. The molecule has 0 bridgehead atoms. The zero-order chi connectivity index (χ0) is 11.9. The summed E-state index contributed by atoms with van der Waals surface area (Å²) < 4.78 is 0. The molecule has 3 heteroatoms. The lowest BCUT2D eigenvalue weighted by molar-refractivity contribution is -0.110. The monoisotopic (exact) mass is 228 g/mol. The standard InChI is InChI=1S/C13H28N2O/c1-2-3-4-5-6-7-8-9-10-11-12-14-15-13-16/h13-14H,2-12H2,1H3,(H,15,16). The minimum atomic E-state index is 0.677. The van der Waals surface area contributed by atoms with E-state index in [1.54, 1.807) is 0 Å². The van der Waals surface area contributed by atoms with Gasteiger partial charge in [-0.1, -0.05) is 64.7 Å². The first-order valence-electron chi connectivity index (χ1n) is 6.84. The normalized spacial score (nSPS) is 10.3. The molecular weight excluding hydrogens is 200 g/mol. The van der Waals surface area contributed by atoms with Crippen LogP contribution in [0, 0.1) is 0 Å². The van der Waals surface area contributed by atoms with E-state index in [1.807, 2.05) is 0 Å². The van der Waals surface area contributed by atoms with Gasteiger partial charge >= 0.3 is 0 Å². The van der Waals surface area contributed by atoms with Crippen molar-refractivity contribution < 1.29 is 4.79 Å². The first kappa shape index (κ1) is 15.4. The van der Waals surface area contributed by atoms with E-state index in [0.717, 1.165) is 13.0 Å². The van der Waals surface area contributed by atoms with Gasteiger partial charge in [-0.2, -0.15) is 0 Å². The van der Waals surface area contributed by atoms with Gasteiger partial charge in [0.2, 0.25) is 6.41 Å². The van der Waals surface area contributed by atoms with E-state index in [4.69, 9.17) is 0 Å². The fraction of sp³-hybridized carbons (Fsp3) is 0.923. The zero-order valence-electron chi connectivity index (χ0n) is 10.8. The highest BCUT2D eigenvalue weighted by molar-refractivity contribution is 5.44. The van der Waals surface area contributed by atoms with Gasteiger partial charge in [0.15, 0.2) is 0 Å². The van der Waals surface area contributed by atoms with Crippen molar-refractivity contribution in [3.05, 3.63) is 0 Å². The molecule has 0 fully saturated rings. The molecule has 0 aliphatic rings. The number of hydrogen-bond acceptors (Lipinski definition) is 2. The van der Waals surface area contributed by atoms with Crippen LogP contribution in [0.25, 0.3) is 0 Å². The van der Waals surface area contributed by atoms with Gasteiger partial charge < -0.3 is 0 Å². The van der Waals surface area contributed by atoms with Gasteiger partial charge in [0, 0.05) is 6.54 Å². The molecule has 1 amide bonds. The van der Waals surface area contributed by atoms with Crippen LogP contribution in [0.3, 0.4) is 0 Å². The lowest BCUT2D eigenvalue weighted by Gasteiger charge is -2.03. The van der Waals surface area contributed by atoms with E-state index in [9.17, 15) is 4.79 Å². The number of hydrazine groups is 1. The Morgan fingerprint density at radius 3 is 1.81 bits per heavy atom. The maximum atomic E-state index is 9.91. The van der Waals surface area contributed by atoms with Crippen molar-refractivity contribution in [3.8, 4) is 0 Å². The second kappa shape index (κ2) is 14.4. The average molecular weight is 228 g/mol. The topological polar surface area (TPSA) is 41.1 Å². The molecule has 0 rings (SSSR count). The first-order valence-corrected chi connectivity index (χ1v) is 6.84. The Morgan fingerprint density at radius 1 is 0.812 bits per heavy atom. The van der Waals surface area contributed by atoms with Crippen molar-refractivity contribution in [2.75, 3.05) is 6.54 Å². The van der Waals surface area contributed by atoms with E-state index in [2.05, 4.69) is 17.8 Å². The Kier molecular flexibility index (Phi) is 13.9. The van der Waals surface area contributed by atoms with E-state index in [-0.39, 0.29) is 0 Å². The molecule has 0 saturated carbocycles. The molecule has 0 aliphatic carbocycles. The summed E-state index contributed by atoms with van der Waals surface area (Å²) in [6.45, 7) is 3.14. The molecule has 0 aromatic carbocycles. The molecule has 2 N–H and O–H groups in total.